The van der Waals surface area contributed by atoms with Gasteiger partial charge in [0.1, 0.15) is 0 Å². The number of nitrogens with one attached hydrogen (secondary N) is 2. The molecule has 0 spiro atoms. The Bertz CT molecular complexity index is 526. The Hall–Kier alpha value is -0.890. The molecule has 0 saturated carbocycles. The van der Waals surface area contributed by atoms with E-state index >= 15 is 0 Å². The van der Waals surface area contributed by atoms with Gasteiger partial charge < -0.3 is 14.6 Å². The lowest BCUT2D eigenvalue weighted by Crippen LogP contribution is -2.37. The van der Waals surface area contributed by atoms with Gasteiger partial charge in [-0.15, -0.1) is 0 Å². The van der Waals surface area contributed by atoms with Crippen LogP contribution in [0.5, 0.6) is 0 Å². The van der Waals surface area contributed by atoms with Crippen molar-refractivity contribution in [2.45, 2.75) is 51.2 Å². The number of rotatable bonds is 10. The Morgan fingerprint density at radius 3 is 2.57 bits per heavy atom. The van der Waals surface area contributed by atoms with Crippen LogP contribution in [0, 0.1) is 0 Å². The molecule has 0 bridgehead atoms. The average Bonchev–Trinajstić information content (AvgIpc) is 2.88. The van der Waals surface area contributed by atoms with Crippen molar-refractivity contribution in [1.29, 1.82) is 0 Å². The first-order valence-electron chi connectivity index (χ1n) is 7.39. The molecule has 0 amide bonds. The Labute approximate surface area is 127 Å². The molecule has 1 rings (SSSR count). The fraction of sp³-hybridized carbons (Fsp3) is 0.714. The highest BCUT2D eigenvalue weighted by atomic mass is 32.2. The van der Waals surface area contributed by atoms with E-state index < -0.39 is 10.0 Å². The summed E-state index contributed by atoms with van der Waals surface area (Å²) in [5, 5.41) is 3.22. The first-order valence-corrected chi connectivity index (χ1v) is 8.87. The highest BCUT2D eigenvalue weighted by Gasteiger charge is 2.21. The predicted octanol–water partition coefficient (Wildman–Crippen LogP) is 1.32. The second-order valence-electron chi connectivity index (χ2n) is 4.92. The minimum absolute atomic E-state index is 0.206. The quantitative estimate of drug-likeness (QED) is 0.683. The van der Waals surface area contributed by atoms with Crippen molar-refractivity contribution in [1.82, 2.24) is 14.6 Å². The van der Waals surface area contributed by atoms with Crippen LogP contribution in [0.2, 0.25) is 0 Å². The van der Waals surface area contributed by atoms with E-state index in [0.717, 1.165) is 18.8 Å². The Morgan fingerprint density at radius 1 is 1.33 bits per heavy atom. The summed E-state index contributed by atoms with van der Waals surface area (Å²) in [6, 6.07) is 1.52. The van der Waals surface area contributed by atoms with Crippen molar-refractivity contribution in [3.63, 3.8) is 0 Å². The lowest BCUT2D eigenvalue weighted by molar-refractivity contribution is 0.173. The van der Waals surface area contributed by atoms with Gasteiger partial charge >= 0.3 is 0 Å². The Kier molecular flexibility index (Phi) is 7.37. The van der Waals surface area contributed by atoms with Gasteiger partial charge in [-0.25, -0.2) is 13.1 Å². The topological polar surface area (TPSA) is 72.4 Å². The summed E-state index contributed by atoms with van der Waals surface area (Å²) >= 11 is 0. The van der Waals surface area contributed by atoms with E-state index in [4.69, 9.17) is 4.74 Å². The molecule has 1 heterocycles. The highest BCUT2D eigenvalue weighted by Crippen LogP contribution is 2.15. The van der Waals surface area contributed by atoms with Gasteiger partial charge in [0, 0.05) is 38.1 Å². The maximum absolute atomic E-state index is 12.4. The molecule has 0 aliphatic heterocycles. The third kappa shape index (κ3) is 5.10. The number of aromatic nitrogens is 1. The maximum atomic E-state index is 12.4. The Morgan fingerprint density at radius 2 is 2.05 bits per heavy atom. The zero-order chi connectivity index (χ0) is 15.9. The molecule has 1 unspecified atom stereocenters. The van der Waals surface area contributed by atoms with Gasteiger partial charge in [0.15, 0.2) is 0 Å². The van der Waals surface area contributed by atoms with Crippen LogP contribution in [0.1, 0.15) is 32.9 Å². The minimum Gasteiger partial charge on any atom is -0.383 e. The minimum atomic E-state index is -3.51. The summed E-state index contributed by atoms with van der Waals surface area (Å²) in [5.74, 6) is 0. The van der Waals surface area contributed by atoms with Crippen molar-refractivity contribution < 1.29 is 13.2 Å². The molecule has 0 fully saturated rings. The molecule has 0 radical (unpaired) electrons. The molecule has 0 aliphatic rings. The van der Waals surface area contributed by atoms with Crippen molar-refractivity contribution in [2.24, 2.45) is 0 Å². The van der Waals surface area contributed by atoms with Gasteiger partial charge in [-0.1, -0.05) is 13.8 Å². The van der Waals surface area contributed by atoms with Crippen LogP contribution in [0.3, 0.4) is 0 Å². The molecular weight excluding hydrogens is 290 g/mol. The van der Waals surface area contributed by atoms with Gasteiger partial charge in [0.25, 0.3) is 0 Å². The van der Waals surface area contributed by atoms with Gasteiger partial charge in [-0.05, 0) is 26.0 Å². The zero-order valence-electron chi connectivity index (χ0n) is 13.3. The third-order valence-corrected chi connectivity index (χ3v) is 4.84. The first kappa shape index (κ1) is 18.2. The summed E-state index contributed by atoms with van der Waals surface area (Å²) in [5.41, 5.74) is 0.972. The monoisotopic (exact) mass is 317 g/mol. The summed E-state index contributed by atoms with van der Waals surface area (Å²) in [7, 11) is -1.94. The van der Waals surface area contributed by atoms with E-state index in [0.29, 0.717) is 24.5 Å². The van der Waals surface area contributed by atoms with Crippen molar-refractivity contribution in [3.8, 4) is 0 Å². The molecule has 0 aromatic carbocycles. The second-order valence-corrected chi connectivity index (χ2v) is 6.63. The van der Waals surface area contributed by atoms with Gasteiger partial charge in [-0.3, -0.25) is 0 Å². The summed E-state index contributed by atoms with van der Waals surface area (Å²) in [6.07, 6.45) is 2.38. The van der Waals surface area contributed by atoms with Crippen molar-refractivity contribution in [3.05, 3.63) is 18.0 Å². The Balaban J connectivity index is 2.94. The molecule has 122 valence electrons. The van der Waals surface area contributed by atoms with Gasteiger partial charge in [0.05, 0.1) is 11.5 Å². The number of sulfonamides is 1. The highest BCUT2D eigenvalue weighted by molar-refractivity contribution is 7.89. The van der Waals surface area contributed by atoms with Crippen molar-refractivity contribution in [2.75, 3.05) is 20.3 Å². The molecule has 7 heteroatoms. The van der Waals surface area contributed by atoms with Crippen LogP contribution in [-0.4, -0.2) is 39.3 Å². The molecule has 2 N–H and O–H groups in total. The SMILES string of the molecule is CCNCc1cc(S(=O)(=O)NC(CC)COC)cn1CC. The average molecular weight is 317 g/mol. The van der Waals surface area contributed by atoms with Crippen LogP contribution in [0.15, 0.2) is 17.2 Å². The number of ether oxygens (including phenoxy) is 1. The molecule has 1 aromatic heterocycles. The predicted molar refractivity (Wildman–Crippen MR) is 83.8 cm³/mol. The van der Waals surface area contributed by atoms with Crippen LogP contribution in [0.4, 0.5) is 0 Å². The molecule has 0 saturated heterocycles. The fourth-order valence-electron chi connectivity index (χ4n) is 2.09. The number of aryl methyl sites for hydroxylation is 1. The van der Waals surface area contributed by atoms with E-state index in [-0.39, 0.29) is 6.04 Å². The first-order chi connectivity index (χ1) is 9.98. The van der Waals surface area contributed by atoms with Crippen molar-refractivity contribution >= 4 is 10.0 Å². The van der Waals surface area contributed by atoms with E-state index in [9.17, 15) is 8.42 Å². The van der Waals surface area contributed by atoms with Crippen LogP contribution in [-0.2, 0) is 27.8 Å². The number of nitrogens with zero attached hydrogens (tertiary/aromatic N) is 1. The van der Waals surface area contributed by atoms with Crippen LogP contribution >= 0.6 is 0 Å². The largest absolute Gasteiger partial charge is 0.383 e. The normalized spacial score (nSPS) is 13.5. The number of hydrogen-bond acceptors (Lipinski definition) is 4. The van der Waals surface area contributed by atoms with Gasteiger partial charge in [-0.2, -0.15) is 0 Å². The van der Waals surface area contributed by atoms with Crippen LogP contribution in [0.25, 0.3) is 0 Å². The van der Waals surface area contributed by atoms with Crippen LogP contribution < -0.4 is 10.0 Å². The van der Waals surface area contributed by atoms with E-state index in [2.05, 4.69) is 10.0 Å². The van der Waals surface area contributed by atoms with Gasteiger partial charge in [0.2, 0.25) is 10.0 Å². The summed E-state index contributed by atoms with van der Waals surface area (Å²) in [4.78, 5) is 0.312. The maximum Gasteiger partial charge on any atom is 0.242 e. The molecule has 1 atom stereocenters. The standard InChI is InChI=1S/C14H27N3O3S/c1-5-12(11-20-4)16-21(18,19)14-8-13(9-15-6-2)17(7-3)10-14/h8,10,12,15-16H,5-7,9,11H2,1-4H3. The zero-order valence-corrected chi connectivity index (χ0v) is 14.2. The molecule has 0 aliphatic carbocycles. The number of hydrogen-bond donors (Lipinski definition) is 2. The lowest BCUT2D eigenvalue weighted by atomic mass is 10.3. The summed E-state index contributed by atoms with van der Waals surface area (Å²) < 4.78 is 34.5. The molecule has 21 heavy (non-hydrogen) atoms. The molecular formula is C14H27N3O3S. The van der Waals surface area contributed by atoms with E-state index in [1.807, 2.05) is 25.3 Å². The second kappa shape index (κ2) is 8.53. The molecule has 1 aromatic rings. The molecule has 6 nitrogen and oxygen atoms in total. The summed E-state index contributed by atoms with van der Waals surface area (Å²) in [6.45, 7) is 8.57. The number of methoxy groups -OCH3 is 1. The smallest absolute Gasteiger partial charge is 0.242 e. The van der Waals surface area contributed by atoms with E-state index in [1.165, 1.54) is 0 Å². The lowest BCUT2D eigenvalue weighted by Gasteiger charge is -2.15. The van der Waals surface area contributed by atoms with E-state index in [1.54, 1.807) is 19.4 Å². The third-order valence-electron chi connectivity index (χ3n) is 3.35. The fourth-order valence-corrected chi connectivity index (χ4v) is 3.46.